The number of aromatic nitrogens is 1. The number of nitrogens with one attached hydrogen (secondary N) is 3. The van der Waals surface area contributed by atoms with Gasteiger partial charge in [0.25, 0.3) is 0 Å². The number of urea groups is 1. The fourth-order valence-electron chi connectivity index (χ4n) is 5.06. The van der Waals surface area contributed by atoms with E-state index in [1.54, 1.807) is 31.3 Å². The predicted molar refractivity (Wildman–Crippen MR) is 156 cm³/mol. The number of amides is 2. The second kappa shape index (κ2) is 12.8. The fraction of sp³-hybridized carbons (Fsp3) is 0.367. The number of hydrogen-bond donors (Lipinski definition) is 4. The molecule has 2 atom stereocenters. The Bertz CT molecular complexity index is 1490. The van der Waals surface area contributed by atoms with Gasteiger partial charge in [0.15, 0.2) is 17.7 Å². The third-order valence-electron chi connectivity index (χ3n) is 6.81. The maximum atomic E-state index is 12.4. The molecule has 0 saturated carbocycles. The Hall–Kier alpha value is -4.51. The van der Waals surface area contributed by atoms with Gasteiger partial charge in [-0.1, -0.05) is 24.3 Å². The molecule has 4 rings (SSSR count). The first-order chi connectivity index (χ1) is 19.7. The van der Waals surface area contributed by atoms with Crippen molar-refractivity contribution in [1.82, 2.24) is 20.6 Å². The number of para-hydroxylation sites is 1. The summed E-state index contributed by atoms with van der Waals surface area (Å²) in [4.78, 5) is 24.6. The lowest BCUT2D eigenvalue weighted by Gasteiger charge is -2.28. The average Bonchev–Trinajstić information content (AvgIpc) is 3.22. The first kappa shape index (κ1) is 29.5. The summed E-state index contributed by atoms with van der Waals surface area (Å²) in [5, 5.41) is 21.2. The zero-order valence-electron chi connectivity index (χ0n) is 24.1. The highest BCUT2D eigenvalue weighted by Crippen LogP contribution is 2.35. The van der Waals surface area contributed by atoms with Crippen molar-refractivity contribution < 1.29 is 28.9 Å². The largest absolute Gasteiger partial charge is 0.490 e. The molecule has 0 saturated heterocycles. The smallest absolute Gasteiger partial charge is 0.337 e. The van der Waals surface area contributed by atoms with E-state index in [-0.39, 0.29) is 18.2 Å². The molecule has 3 aromatic rings. The molecule has 0 radical (unpaired) electrons. The number of allylic oxidation sites excluding steroid dienone is 1. The SMILES string of the molecule is CCOc1cc([C@@H]2NC(=O)NC(C)=C2C(=O)OC)ccc1OC[C@@H](O)N/N=C/c1c(C)n(C(C)C)c2ccccc12. The van der Waals surface area contributed by atoms with Crippen LogP contribution in [0.15, 0.2) is 58.8 Å². The first-order valence-corrected chi connectivity index (χ1v) is 13.5. The number of hydrogen-bond acceptors (Lipinski definition) is 8. The quantitative estimate of drug-likeness (QED) is 0.120. The predicted octanol–water partition coefficient (Wildman–Crippen LogP) is 4.05. The number of carbonyl (C=O) groups excluding carboxylic acids is 2. The molecule has 4 N–H and O–H groups in total. The van der Waals surface area contributed by atoms with Crippen molar-refractivity contribution >= 4 is 29.1 Å². The number of benzene rings is 2. The van der Waals surface area contributed by atoms with Gasteiger partial charge >= 0.3 is 12.0 Å². The van der Waals surface area contributed by atoms with Crippen LogP contribution in [0.2, 0.25) is 0 Å². The standard InChI is InChI=1S/C30H37N5O6/c1-7-40-25-14-20(28-27(29(37)39-6)18(4)32-30(38)33-28)12-13-24(25)41-16-26(36)34-31-15-22-19(5)35(17(2)3)23-11-9-8-10-21(22)23/h8-15,17,26,28,34,36H,7,16H2,1-6H3,(H2,32,33,38)/b31-15+/t26-,28+/m1/s1. The van der Waals surface area contributed by atoms with Crippen LogP contribution in [0.25, 0.3) is 10.9 Å². The van der Waals surface area contributed by atoms with E-state index in [9.17, 15) is 14.7 Å². The molecular formula is C30H37N5O6. The number of rotatable bonds is 11. The number of aliphatic hydroxyl groups is 1. The molecule has 1 aliphatic heterocycles. The third-order valence-corrected chi connectivity index (χ3v) is 6.81. The molecule has 1 aromatic heterocycles. The Labute approximate surface area is 239 Å². The Balaban J connectivity index is 1.47. The molecule has 0 aliphatic carbocycles. The van der Waals surface area contributed by atoms with Crippen molar-refractivity contribution in [3.05, 3.63) is 70.6 Å². The highest BCUT2D eigenvalue weighted by Gasteiger charge is 2.32. The highest BCUT2D eigenvalue weighted by molar-refractivity contribution is 6.01. The summed E-state index contributed by atoms with van der Waals surface area (Å²) >= 11 is 0. The van der Waals surface area contributed by atoms with E-state index in [0.29, 0.717) is 29.4 Å². The number of fused-ring (bicyclic) bond motifs is 1. The molecule has 218 valence electrons. The van der Waals surface area contributed by atoms with Gasteiger partial charge in [0.05, 0.1) is 31.5 Å². The Morgan fingerprint density at radius 2 is 1.93 bits per heavy atom. The molecular weight excluding hydrogens is 526 g/mol. The van der Waals surface area contributed by atoms with Crippen LogP contribution in [0.5, 0.6) is 11.5 Å². The van der Waals surface area contributed by atoms with E-state index in [2.05, 4.69) is 58.6 Å². The minimum Gasteiger partial charge on any atom is -0.490 e. The average molecular weight is 564 g/mol. The molecule has 1 aliphatic rings. The van der Waals surface area contributed by atoms with Gasteiger partial charge in [-0.15, -0.1) is 0 Å². The summed E-state index contributed by atoms with van der Waals surface area (Å²) < 4.78 is 18.8. The number of methoxy groups -OCH3 is 1. The van der Waals surface area contributed by atoms with Gasteiger partial charge in [-0.3, -0.25) is 5.43 Å². The lowest BCUT2D eigenvalue weighted by molar-refractivity contribution is -0.136. The molecule has 41 heavy (non-hydrogen) atoms. The fourth-order valence-corrected chi connectivity index (χ4v) is 5.06. The van der Waals surface area contributed by atoms with Gasteiger partial charge in [-0.25, -0.2) is 9.59 Å². The number of carbonyl (C=O) groups is 2. The van der Waals surface area contributed by atoms with Crippen molar-refractivity contribution in [3.63, 3.8) is 0 Å². The van der Waals surface area contributed by atoms with E-state index in [4.69, 9.17) is 14.2 Å². The summed E-state index contributed by atoms with van der Waals surface area (Å²) in [7, 11) is 1.28. The number of aliphatic hydroxyl groups excluding tert-OH is 1. The van der Waals surface area contributed by atoms with Crippen LogP contribution < -0.4 is 25.5 Å². The zero-order chi connectivity index (χ0) is 29.7. The third kappa shape index (κ3) is 6.30. The zero-order valence-corrected chi connectivity index (χ0v) is 24.1. The summed E-state index contributed by atoms with van der Waals surface area (Å²) in [6.45, 7) is 10.0. The molecule has 0 fully saturated rings. The summed E-state index contributed by atoms with van der Waals surface area (Å²) in [5.74, 6) is 0.223. The summed E-state index contributed by atoms with van der Waals surface area (Å²) in [6, 6.07) is 12.3. The van der Waals surface area contributed by atoms with E-state index in [1.165, 1.54) is 7.11 Å². The van der Waals surface area contributed by atoms with Crippen LogP contribution in [0.3, 0.4) is 0 Å². The maximum absolute atomic E-state index is 12.4. The Morgan fingerprint density at radius 3 is 2.63 bits per heavy atom. The Kier molecular flexibility index (Phi) is 9.18. The molecule has 2 aromatic carbocycles. The second-order valence-electron chi connectivity index (χ2n) is 9.90. The summed E-state index contributed by atoms with van der Waals surface area (Å²) in [6.07, 6.45) is 0.612. The van der Waals surface area contributed by atoms with Gasteiger partial charge < -0.3 is 34.5 Å². The number of hydrazone groups is 1. The molecule has 11 nitrogen and oxygen atoms in total. The minimum atomic E-state index is -1.10. The van der Waals surface area contributed by atoms with Crippen LogP contribution in [0, 0.1) is 6.92 Å². The number of ether oxygens (including phenoxy) is 3. The monoisotopic (exact) mass is 563 g/mol. The molecule has 0 unspecified atom stereocenters. The van der Waals surface area contributed by atoms with Crippen molar-refractivity contribution in [3.8, 4) is 11.5 Å². The topological polar surface area (TPSA) is 135 Å². The molecule has 0 spiro atoms. The molecule has 11 heteroatoms. The molecule has 0 bridgehead atoms. The van der Waals surface area contributed by atoms with Crippen LogP contribution in [0.4, 0.5) is 4.79 Å². The molecule has 2 heterocycles. The second-order valence-corrected chi connectivity index (χ2v) is 9.90. The van der Waals surface area contributed by atoms with Gasteiger partial charge in [0.2, 0.25) is 0 Å². The van der Waals surface area contributed by atoms with E-state index < -0.39 is 24.3 Å². The minimum absolute atomic E-state index is 0.111. The normalized spacial score (nSPS) is 16.1. The van der Waals surface area contributed by atoms with Crippen LogP contribution in [-0.4, -0.2) is 54.4 Å². The van der Waals surface area contributed by atoms with Crippen LogP contribution in [-0.2, 0) is 9.53 Å². The van der Waals surface area contributed by atoms with Crippen molar-refractivity contribution in [1.29, 1.82) is 0 Å². The molecule has 2 amide bonds. The van der Waals surface area contributed by atoms with Gasteiger partial charge in [0.1, 0.15) is 6.61 Å². The van der Waals surface area contributed by atoms with Crippen molar-refractivity contribution in [2.45, 2.75) is 52.9 Å². The van der Waals surface area contributed by atoms with E-state index >= 15 is 0 Å². The first-order valence-electron chi connectivity index (χ1n) is 13.5. The van der Waals surface area contributed by atoms with E-state index in [0.717, 1.165) is 22.2 Å². The van der Waals surface area contributed by atoms with Gasteiger partial charge in [-0.05, 0) is 58.4 Å². The highest BCUT2D eigenvalue weighted by atomic mass is 16.5. The van der Waals surface area contributed by atoms with E-state index in [1.807, 2.05) is 19.1 Å². The number of nitrogens with zero attached hydrogens (tertiary/aromatic N) is 2. The maximum Gasteiger partial charge on any atom is 0.337 e. The van der Waals surface area contributed by atoms with Gasteiger partial charge in [0, 0.05) is 33.9 Å². The van der Waals surface area contributed by atoms with Gasteiger partial charge in [-0.2, -0.15) is 5.10 Å². The van der Waals surface area contributed by atoms with Crippen molar-refractivity contribution in [2.75, 3.05) is 20.3 Å². The summed E-state index contributed by atoms with van der Waals surface area (Å²) in [5.41, 5.74) is 7.21. The lowest BCUT2D eigenvalue weighted by atomic mass is 9.95. The lowest BCUT2D eigenvalue weighted by Crippen LogP contribution is -2.45. The number of esters is 1. The van der Waals surface area contributed by atoms with Crippen LogP contribution in [0.1, 0.15) is 56.6 Å². The van der Waals surface area contributed by atoms with Crippen molar-refractivity contribution in [2.24, 2.45) is 5.10 Å². The van der Waals surface area contributed by atoms with Crippen LogP contribution >= 0.6 is 0 Å². The Morgan fingerprint density at radius 1 is 1.17 bits per heavy atom.